The van der Waals surface area contributed by atoms with E-state index in [4.69, 9.17) is 14.6 Å². The Balaban J connectivity index is 2.24. The molecule has 110 valence electrons. The highest BCUT2D eigenvalue weighted by Crippen LogP contribution is 2.02. The van der Waals surface area contributed by atoms with Gasteiger partial charge in [-0.05, 0) is 6.42 Å². The number of hydrogen-bond donors (Lipinski definition) is 3. The van der Waals surface area contributed by atoms with Gasteiger partial charge in [-0.25, -0.2) is 4.79 Å². The Morgan fingerprint density at radius 3 is 2.79 bits per heavy atom. The van der Waals surface area contributed by atoms with Crippen molar-refractivity contribution in [3.8, 4) is 0 Å². The first-order chi connectivity index (χ1) is 9.11. The van der Waals surface area contributed by atoms with Crippen LogP contribution in [-0.2, 0) is 14.3 Å². The van der Waals surface area contributed by atoms with Gasteiger partial charge in [0.2, 0.25) is 0 Å². The van der Waals surface area contributed by atoms with E-state index >= 15 is 0 Å². The molecule has 0 aromatic heterocycles. The molecule has 0 bridgehead atoms. The van der Waals surface area contributed by atoms with Crippen molar-refractivity contribution in [2.24, 2.45) is 0 Å². The zero-order valence-corrected chi connectivity index (χ0v) is 11.2. The van der Waals surface area contributed by atoms with Gasteiger partial charge in [-0.15, -0.1) is 0 Å². The van der Waals surface area contributed by atoms with Crippen molar-refractivity contribution < 1.29 is 24.2 Å². The third kappa shape index (κ3) is 6.97. The number of aliphatic carboxylic acids is 1. The fourth-order valence-electron chi connectivity index (χ4n) is 1.88. The van der Waals surface area contributed by atoms with Crippen LogP contribution in [0.25, 0.3) is 0 Å². The summed E-state index contributed by atoms with van der Waals surface area (Å²) in [6.07, 6.45) is 1.26. The third-order valence-corrected chi connectivity index (χ3v) is 2.77. The van der Waals surface area contributed by atoms with E-state index in [1.165, 1.54) is 0 Å². The molecule has 0 aromatic carbocycles. The second-order valence-corrected chi connectivity index (χ2v) is 4.51. The summed E-state index contributed by atoms with van der Waals surface area (Å²) in [6.45, 7) is 3.89. The average Bonchev–Trinajstić information content (AvgIpc) is 2.37. The lowest BCUT2D eigenvalue weighted by molar-refractivity contribution is -0.137. The van der Waals surface area contributed by atoms with Gasteiger partial charge >= 0.3 is 12.0 Å². The van der Waals surface area contributed by atoms with E-state index in [-0.39, 0.29) is 24.6 Å². The lowest BCUT2D eigenvalue weighted by atomic mass is 10.1. The van der Waals surface area contributed by atoms with Crippen LogP contribution in [-0.4, -0.2) is 55.6 Å². The van der Waals surface area contributed by atoms with Crippen molar-refractivity contribution in [1.82, 2.24) is 10.6 Å². The van der Waals surface area contributed by atoms with Crippen LogP contribution in [0, 0.1) is 0 Å². The van der Waals surface area contributed by atoms with Gasteiger partial charge < -0.3 is 25.2 Å². The van der Waals surface area contributed by atoms with Gasteiger partial charge in [-0.3, -0.25) is 4.79 Å². The number of carbonyl (C=O) groups is 2. The molecule has 0 radical (unpaired) electrons. The molecule has 1 heterocycles. The number of nitrogens with one attached hydrogen (secondary N) is 2. The molecule has 2 atom stereocenters. The van der Waals surface area contributed by atoms with E-state index in [1.54, 1.807) is 0 Å². The average molecular weight is 274 g/mol. The van der Waals surface area contributed by atoms with E-state index in [1.807, 2.05) is 6.92 Å². The highest BCUT2D eigenvalue weighted by molar-refractivity contribution is 5.75. The molecule has 2 unspecified atom stereocenters. The topological polar surface area (TPSA) is 96.9 Å². The van der Waals surface area contributed by atoms with E-state index in [0.717, 1.165) is 6.42 Å². The molecule has 1 saturated heterocycles. The van der Waals surface area contributed by atoms with Crippen LogP contribution >= 0.6 is 0 Å². The Hall–Kier alpha value is -1.34. The molecule has 19 heavy (non-hydrogen) atoms. The van der Waals surface area contributed by atoms with Crippen molar-refractivity contribution in [3.05, 3.63) is 0 Å². The van der Waals surface area contributed by atoms with Crippen molar-refractivity contribution in [3.63, 3.8) is 0 Å². The molecule has 0 spiro atoms. The number of ether oxygens (including phenoxy) is 2. The molecule has 3 N–H and O–H groups in total. The number of hydrogen-bond acceptors (Lipinski definition) is 4. The molecule has 0 aromatic rings. The zero-order valence-electron chi connectivity index (χ0n) is 11.2. The molecule has 1 aliphatic rings. The van der Waals surface area contributed by atoms with Crippen LogP contribution in [0.2, 0.25) is 0 Å². The number of carboxylic acids is 1. The first-order valence-electron chi connectivity index (χ1n) is 6.57. The first-order valence-corrected chi connectivity index (χ1v) is 6.57. The van der Waals surface area contributed by atoms with E-state index < -0.39 is 5.97 Å². The van der Waals surface area contributed by atoms with Crippen LogP contribution in [0.1, 0.15) is 26.2 Å². The van der Waals surface area contributed by atoms with Crippen LogP contribution in [0.3, 0.4) is 0 Å². The number of amides is 2. The SMILES string of the molecule is CCCC(CC(=O)O)NC(=O)NCC1COCCO1. The molecule has 1 rings (SSSR count). The summed E-state index contributed by atoms with van der Waals surface area (Å²) in [4.78, 5) is 22.3. The molecule has 0 saturated carbocycles. The van der Waals surface area contributed by atoms with Gasteiger partial charge in [0, 0.05) is 12.6 Å². The zero-order chi connectivity index (χ0) is 14.1. The van der Waals surface area contributed by atoms with Crippen molar-refractivity contribution in [2.45, 2.75) is 38.3 Å². The molecule has 0 aliphatic carbocycles. The minimum Gasteiger partial charge on any atom is -0.481 e. The molecular formula is C12H22N2O5. The lowest BCUT2D eigenvalue weighted by Gasteiger charge is -2.24. The van der Waals surface area contributed by atoms with Crippen molar-refractivity contribution >= 4 is 12.0 Å². The van der Waals surface area contributed by atoms with E-state index in [9.17, 15) is 9.59 Å². The number of carbonyl (C=O) groups excluding carboxylic acids is 1. The Bertz CT molecular complexity index is 292. The fourth-order valence-corrected chi connectivity index (χ4v) is 1.88. The predicted molar refractivity (Wildman–Crippen MR) is 68.0 cm³/mol. The molecule has 1 aliphatic heterocycles. The normalized spacial score (nSPS) is 20.6. The molecule has 7 heteroatoms. The summed E-state index contributed by atoms with van der Waals surface area (Å²) in [5.74, 6) is -0.914. The summed E-state index contributed by atoms with van der Waals surface area (Å²) in [5, 5.41) is 14.1. The van der Waals surface area contributed by atoms with Crippen LogP contribution in [0.15, 0.2) is 0 Å². The smallest absolute Gasteiger partial charge is 0.315 e. The molecule has 7 nitrogen and oxygen atoms in total. The van der Waals surface area contributed by atoms with Crippen LogP contribution in [0.4, 0.5) is 4.79 Å². The van der Waals surface area contributed by atoms with Crippen LogP contribution in [0.5, 0.6) is 0 Å². The second-order valence-electron chi connectivity index (χ2n) is 4.51. The van der Waals surface area contributed by atoms with Gasteiger partial charge in [0.15, 0.2) is 0 Å². The fraction of sp³-hybridized carbons (Fsp3) is 0.833. The lowest BCUT2D eigenvalue weighted by Crippen LogP contribution is -2.47. The molecular weight excluding hydrogens is 252 g/mol. The highest BCUT2D eigenvalue weighted by Gasteiger charge is 2.18. The summed E-state index contributed by atoms with van der Waals surface area (Å²) in [6, 6.07) is -0.708. The Morgan fingerprint density at radius 1 is 1.42 bits per heavy atom. The monoisotopic (exact) mass is 274 g/mol. The van der Waals surface area contributed by atoms with Gasteiger partial charge in [-0.2, -0.15) is 0 Å². The second kappa shape index (κ2) is 8.71. The summed E-state index contributed by atoms with van der Waals surface area (Å²) in [7, 11) is 0. The maximum atomic E-state index is 11.6. The van der Waals surface area contributed by atoms with Crippen molar-refractivity contribution in [2.75, 3.05) is 26.4 Å². The van der Waals surface area contributed by atoms with E-state index in [2.05, 4.69) is 10.6 Å². The van der Waals surface area contributed by atoms with Crippen LogP contribution < -0.4 is 10.6 Å². The summed E-state index contributed by atoms with van der Waals surface area (Å²) in [5.41, 5.74) is 0. The number of urea groups is 1. The first kappa shape index (κ1) is 15.7. The Morgan fingerprint density at radius 2 is 2.21 bits per heavy atom. The van der Waals surface area contributed by atoms with Gasteiger partial charge in [0.25, 0.3) is 0 Å². The Labute approximate surface area is 112 Å². The summed E-state index contributed by atoms with van der Waals surface area (Å²) < 4.78 is 10.6. The van der Waals surface area contributed by atoms with Crippen molar-refractivity contribution in [1.29, 1.82) is 0 Å². The highest BCUT2D eigenvalue weighted by atomic mass is 16.6. The third-order valence-electron chi connectivity index (χ3n) is 2.77. The standard InChI is InChI=1S/C12H22N2O5/c1-2-3-9(6-11(15)16)14-12(17)13-7-10-8-18-4-5-19-10/h9-10H,2-8H2,1H3,(H,15,16)(H2,13,14,17). The summed E-state index contributed by atoms with van der Waals surface area (Å²) >= 11 is 0. The van der Waals surface area contributed by atoms with E-state index in [0.29, 0.717) is 32.8 Å². The quantitative estimate of drug-likeness (QED) is 0.622. The number of carboxylic acid groups (broad SMARTS) is 1. The predicted octanol–water partition coefficient (Wildman–Crippen LogP) is 0.344. The minimum atomic E-state index is -0.914. The minimum absolute atomic E-state index is 0.0652. The maximum absolute atomic E-state index is 11.6. The number of rotatable bonds is 7. The van der Waals surface area contributed by atoms with Gasteiger partial charge in [0.05, 0.1) is 32.3 Å². The largest absolute Gasteiger partial charge is 0.481 e. The van der Waals surface area contributed by atoms with Gasteiger partial charge in [0.1, 0.15) is 0 Å². The molecule has 1 fully saturated rings. The molecule has 2 amide bonds. The van der Waals surface area contributed by atoms with Gasteiger partial charge in [-0.1, -0.05) is 13.3 Å². The Kier molecular flexibility index (Phi) is 7.20. The maximum Gasteiger partial charge on any atom is 0.315 e.